The van der Waals surface area contributed by atoms with Crippen molar-refractivity contribution in [1.82, 2.24) is 9.97 Å². The van der Waals surface area contributed by atoms with Gasteiger partial charge in [0.25, 0.3) is 0 Å². The third-order valence-electron chi connectivity index (χ3n) is 4.18. The Morgan fingerprint density at radius 1 is 1.26 bits per heavy atom. The van der Waals surface area contributed by atoms with Crippen LogP contribution in [0.25, 0.3) is 0 Å². The number of anilines is 3. The number of hydrogen-bond donors (Lipinski definition) is 1. The zero-order valence-corrected chi connectivity index (χ0v) is 15.3. The molecular weight excluding hydrogens is 350 g/mol. The Balaban J connectivity index is 1.78. The molecule has 1 aromatic heterocycles. The van der Waals surface area contributed by atoms with Gasteiger partial charge >= 0.3 is 5.69 Å². The molecule has 2 heterocycles. The molecule has 1 saturated heterocycles. The van der Waals surface area contributed by atoms with Gasteiger partial charge in [-0.25, -0.2) is 9.97 Å². The second-order valence-electron chi connectivity index (χ2n) is 6.10. The summed E-state index contributed by atoms with van der Waals surface area (Å²) in [6, 6.07) is 7.27. The fourth-order valence-electron chi connectivity index (χ4n) is 2.74. The smallest absolute Gasteiger partial charge is 0.353 e. The van der Waals surface area contributed by atoms with Crippen LogP contribution in [0.1, 0.15) is 19.8 Å². The topological polar surface area (TPSA) is 103 Å². The fraction of sp³-hybridized carbons (Fsp3) is 0.444. The molecule has 144 valence electrons. The van der Waals surface area contributed by atoms with Crippen LogP contribution in [-0.4, -0.2) is 47.8 Å². The monoisotopic (exact) mass is 373 g/mol. The molecule has 0 atom stereocenters. The van der Waals surface area contributed by atoms with Gasteiger partial charge in [0.1, 0.15) is 12.1 Å². The van der Waals surface area contributed by atoms with Crippen LogP contribution in [0.5, 0.6) is 5.75 Å². The van der Waals surface area contributed by atoms with Crippen molar-refractivity contribution in [1.29, 1.82) is 0 Å². The molecule has 1 aliphatic heterocycles. The summed E-state index contributed by atoms with van der Waals surface area (Å²) >= 11 is 0. The van der Waals surface area contributed by atoms with E-state index in [0.29, 0.717) is 44.4 Å². The van der Waals surface area contributed by atoms with Crippen molar-refractivity contribution in [3.8, 4) is 5.75 Å². The summed E-state index contributed by atoms with van der Waals surface area (Å²) in [4.78, 5) is 21.3. The summed E-state index contributed by atoms with van der Waals surface area (Å²) in [7, 11) is 0. The van der Waals surface area contributed by atoms with Crippen molar-refractivity contribution in [2.75, 3.05) is 43.1 Å². The minimum absolute atomic E-state index is 0.136. The van der Waals surface area contributed by atoms with Crippen molar-refractivity contribution in [3.05, 3.63) is 40.7 Å². The molecule has 0 spiro atoms. The normalized spacial score (nSPS) is 14.0. The molecule has 3 rings (SSSR count). The average molecular weight is 373 g/mol. The van der Waals surface area contributed by atoms with Crippen molar-refractivity contribution in [3.63, 3.8) is 0 Å². The van der Waals surface area contributed by atoms with Gasteiger partial charge in [-0.1, -0.05) is 13.3 Å². The zero-order chi connectivity index (χ0) is 19.1. The largest absolute Gasteiger partial charge is 0.494 e. The number of rotatable bonds is 8. The number of nitrogens with zero attached hydrogens (tertiary/aromatic N) is 4. The quantitative estimate of drug-likeness (QED) is 0.428. The number of nitrogens with one attached hydrogen (secondary N) is 1. The molecule has 0 amide bonds. The molecule has 27 heavy (non-hydrogen) atoms. The third-order valence-corrected chi connectivity index (χ3v) is 4.18. The first-order valence-electron chi connectivity index (χ1n) is 9.01. The minimum Gasteiger partial charge on any atom is -0.494 e. The van der Waals surface area contributed by atoms with Crippen LogP contribution in [0.2, 0.25) is 0 Å². The van der Waals surface area contributed by atoms with Crippen molar-refractivity contribution >= 4 is 23.0 Å². The van der Waals surface area contributed by atoms with Gasteiger partial charge < -0.3 is 19.7 Å². The van der Waals surface area contributed by atoms with Gasteiger partial charge in [0.15, 0.2) is 0 Å². The predicted molar refractivity (Wildman–Crippen MR) is 102 cm³/mol. The molecule has 0 radical (unpaired) electrons. The Hall–Kier alpha value is -2.94. The van der Waals surface area contributed by atoms with Crippen LogP contribution in [0.4, 0.5) is 23.0 Å². The van der Waals surface area contributed by atoms with E-state index in [0.717, 1.165) is 18.6 Å². The van der Waals surface area contributed by atoms with Crippen molar-refractivity contribution < 1.29 is 14.4 Å². The van der Waals surface area contributed by atoms with Gasteiger partial charge in [-0.2, -0.15) is 0 Å². The summed E-state index contributed by atoms with van der Waals surface area (Å²) in [6.45, 7) is 4.93. The Morgan fingerprint density at radius 3 is 2.67 bits per heavy atom. The Kier molecular flexibility index (Phi) is 6.37. The molecule has 1 N–H and O–H groups in total. The molecule has 1 aromatic carbocycles. The lowest BCUT2D eigenvalue weighted by Gasteiger charge is -2.27. The molecule has 1 fully saturated rings. The molecule has 0 unspecified atom stereocenters. The van der Waals surface area contributed by atoms with E-state index in [1.54, 1.807) is 0 Å². The van der Waals surface area contributed by atoms with Crippen molar-refractivity contribution in [2.45, 2.75) is 19.8 Å². The number of benzene rings is 1. The van der Waals surface area contributed by atoms with Crippen LogP contribution in [0.15, 0.2) is 30.6 Å². The maximum Gasteiger partial charge on any atom is 0.353 e. The van der Waals surface area contributed by atoms with E-state index in [1.807, 2.05) is 29.2 Å². The molecule has 0 saturated carbocycles. The first-order chi connectivity index (χ1) is 13.2. The van der Waals surface area contributed by atoms with E-state index in [-0.39, 0.29) is 11.5 Å². The average Bonchev–Trinajstić information content (AvgIpc) is 2.70. The van der Waals surface area contributed by atoms with Crippen LogP contribution in [-0.2, 0) is 4.74 Å². The highest BCUT2D eigenvalue weighted by atomic mass is 16.6. The van der Waals surface area contributed by atoms with E-state index in [9.17, 15) is 10.1 Å². The summed E-state index contributed by atoms with van der Waals surface area (Å²) in [5.74, 6) is 1.23. The van der Waals surface area contributed by atoms with Crippen LogP contribution in [0, 0.1) is 10.1 Å². The van der Waals surface area contributed by atoms with Crippen LogP contribution in [0.3, 0.4) is 0 Å². The van der Waals surface area contributed by atoms with Gasteiger partial charge in [-0.3, -0.25) is 10.1 Å². The Bertz CT molecular complexity index is 763. The predicted octanol–water partition coefficient (Wildman–Crippen LogP) is 3.14. The number of unbranched alkanes of at least 4 members (excludes halogenated alkanes) is 1. The van der Waals surface area contributed by atoms with Gasteiger partial charge in [0, 0.05) is 18.8 Å². The molecular formula is C18H23N5O4. The van der Waals surface area contributed by atoms with E-state index in [2.05, 4.69) is 22.2 Å². The van der Waals surface area contributed by atoms with E-state index in [4.69, 9.17) is 9.47 Å². The highest BCUT2D eigenvalue weighted by Crippen LogP contribution is 2.34. The molecule has 1 aliphatic rings. The first kappa shape index (κ1) is 18.8. The second kappa shape index (κ2) is 9.13. The molecule has 2 aromatic rings. The summed E-state index contributed by atoms with van der Waals surface area (Å²) in [5, 5.41) is 14.7. The summed E-state index contributed by atoms with van der Waals surface area (Å²) < 4.78 is 10.9. The lowest BCUT2D eigenvalue weighted by Crippen LogP contribution is -2.37. The second-order valence-corrected chi connectivity index (χ2v) is 6.10. The summed E-state index contributed by atoms with van der Waals surface area (Å²) in [6.07, 6.45) is 3.41. The first-order valence-corrected chi connectivity index (χ1v) is 9.01. The summed E-state index contributed by atoms with van der Waals surface area (Å²) in [5.41, 5.74) is 0.551. The number of hydrogen-bond acceptors (Lipinski definition) is 8. The Morgan fingerprint density at radius 2 is 2.00 bits per heavy atom. The highest BCUT2D eigenvalue weighted by molar-refractivity contribution is 5.74. The van der Waals surface area contributed by atoms with Crippen LogP contribution < -0.4 is 15.0 Å². The molecule has 9 heteroatoms. The van der Waals surface area contributed by atoms with E-state index in [1.165, 1.54) is 6.33 Å². The van der Waals surface area contributed by atoms with Gasteiger partial charge in [-0.15, -0.1) is 0 Å². The Labute approximate surface area is 157 Å². The van der Waals surface area contributed by atoms with Gasteiger partial charge in [-0.05, 0) is 30.7 Å². The van der Waals surface area contributed by atoms with Crippen molar-refractivity contribution in [2.24, 2.45) is 0 Å². The maximum atomic E-state index is 11.7. The standard InChI is InChI=1S/C18H23N5O4/c1-2-3-10-27-15-6-4-14(5-7-15)21-17-16(23(24)25)18(20-13-19-17)22-8-11-26-12-9-22/h4-7,13H,2-3,8-12H2,1H3,(H,19,20,21). The molecule has 0 aliphatic carbocycles. The third kappa shape index (κ3) is 4.82. The maximum absolute atomic E-state index is 11.7. The number of nitro groups is 1. The highest BCUT2D eigenvalue weighted by Gasteiger charge is 2.28. The number of ether oxygens (including phenoxy) is 2. The molecule has 9 nitrogen and oxygen atoms in total. The number of morpholine rings is 1. The zero-order valence-electron chi connectivity index (χ0n) is 15.3. The lowest BCUT2D eigenvalue weighted by molar-refractivity contribution is -0.383. The number of aromatic nitrogens is 2. The SMILES string of the molecule is CCCCOc1ccc(Nc2ncnc(N3CCOCC3)c2[N+](=O)[O-])cc1. The van der Waals surface area contributed by atoms with E-state index >= 15 is 0 Å². The van der Waals surface area contributed by atoms with E-state index < -0.39 is 4.92 Å². The lowest BCUT2D eigenvalue weighted by atomic mass is 10.3. The van der Waals surface area contributed by atoms with Crippen LogP contribution >= 0.6 is 0 Å². The van der Waals surface area contributed by atoms with Gasteiger partial charge in [0.05, 0.1) is 24.7 Å². The minimum atomic E-state index is -0.449. The molecule has 0 bridgehead atoms. The fourth-order valence-corrected chi connectivity index (χ4v) is 2.74. The van der Waals surface area contributed by atoms with Gasteiger partial charge in [0.2, 0.25) is 11.6 Å².